The number of rotatable bonds is 6. The molecule has 0 amide bonds. The van der Waals surface area contributed by atoms with Crippen molar-refractivity contribution in [2.24, 2.45) is 5.92 Å². The number of furan rings is 1. The predicted molar refractivity (Wildman–Crippen MR) is 67.5 cm³/mol. The van der Waals surface area contributed by atoms with Gasteiger partial charge in [0.15, 0.2) is 0 Å². The van der Waals surface area contributed by atoms with E-state index < -0.39 is 0 Å². The first-order valence-corrected chi connectivity index (χ1v) is 5.92. The lowest BCUT2D eigenvalue weighted by atomic mass is 10.0. The molecule has 3 heteroatoms. The summed E-state index contributed by atoms with van der Waals surface area (Å²) < 4.78 is 5.39. The topological polar surface area (TPSA) is 28.4 Å². The van der Waals surface area contributed by atoms with E-state index in [-0.39, 0.29) is 0 Å². The Kier molecular flexibility index (Phi) is 5.03. The summed E-state index contributed by atoms with van der Waals surface area (Å²) in [5.74, 6) is 1.70. The number of likely N-dealkylation sites (N-methyl/N-ethyl adjacent to an activating group) is 1. The summed E-state index contributed by atoms with van der Waals surface area (Å²) in [6.45, 7) is 8.39. The maximum atomic E-state index is 5.39. The van der Waals surface area contributed by atoms with Gasteiger partial charge in [0.05, 0.1) is 12.8 Å². The molecule has 1 unspecified atom stereocenters. The van der Waals surface area contributed by atoms with Gasteiger partial charge in [0.25, 0.3) is 0 Å². The molecule has 1 N–H and O–H groups in total. The van der Waals surface area contributed by atoms with Crippen LogP contribution in [-0.4, -0.2) is 31.6 Å². The fraction of sp³-hybridized carbons (Fsp3) is 0.692. The first-order valence-electron chi connectivity index (χ1n) is 5.92. The monoisotopic (exact) mass is 224 g/mol. The maximum Gasteiger partial charge on any atom is 0.120 e. The van der Waals surface area contributed by atoms with Crippen LogP contribution in [0.3, 0.4) is 0 Å². The van der Waals surface area contributed by atoms with Gasteiger partial charge in [0.2, 0.25) is 0 Å². The van der Waals surface area contributed by atoms with Crippen molar-refractivity contribution in [3.05, 3.63) is 23.7 Å². The normalized spacial score (nSPS) is 13.7. The van der Waals surface area contributed by atoms with Crippen LogP contribution in [0.1, 0.15) is 25.2 Å². The minimum Gasteiger partial charge on any atom is -0.468 e. The van der Waals surface area contributed by atoms with E-state index in [4.69, 9.17) is 4.42 Å². The Morgan fingerprint density at radius 2 is 2.06 bits per heavy atom. The average Bonchev–Trinajstić information content (AvgIpc) is 2.57. The third kappa shape index (κ3) is 3.65. The van der Waals surface area contributed by atoms with Crippen LogP contribution in [0.4, 0.5) is 0 Å². The summed E-state index contributed by atoms with van der Waals surface area (Å²) in [6.07, 6.45) is 1.75. The van der Waals surface area contributed by atoms with E-state index in [9.17, 15) is 0 Å². The minimum absolute atomic E-state index is 0.565. The highest BCUT2D eigenvalue weighted by molar-refractivity contribution is 5.14. The van der Waals surface area contributed by atoms with E-state index in [1.165, 1.54) is 5.56 Å². The zero-order valence-corrected chi connectivity index (χ0v) is 11.1. The van der Waals surface area contributed by atoms with Crippen molar-refractivity contribution >= 4 is 0 Å². The van der Waals surface area contributed by atoms with Crippen molar-refractivity contribution in [1.29, 1.82) is 0 Å². The molecule has 0 saturated carbocycles. The van der Waals surface area contributed by atoms with Gasteiger partial charge in [-0.3, -0.25) is 0 Å². The highest BCUT2D eigenvalue weighted by Crippen LogP contribution is 2.09. The molecule has 92 valence electrons. The molecule has 3 nitrogen and oxygen atoms in total. The fourth-order valence-electron chi connectivity index (χ4n) is 1.93. The Bertz CT molecular complexity index is 297. The first kappa shape index (κ1) is 13.3. The predicted octanol–water partition coefficient (Wildman–Crippen LogP) is 2.26. The van der Waals surface area contributed by atoms with Gasteiger partial charge in [-0.25, -0.2) is 0 Å². The van der Waals surface area contributed by atoms with Gasteiger partial charge in [-0.2, -0.15) is 0 Å². The van der Waals surface area contributed by atoms with Crippen LogP contribution in [0.15, 0.2) is 16.7 Å². The lowest BCUT2D eigenvalue weighted by Gasteiger charge is -2.28. The Labute approximate surface area is 98.8 Å². The summed E-state index contributed by atoms with van der Waals surface area (Å²) in [6, 6.07) is 2.57. The van der Waals surface area contributed by atoms with Crippen molar-refractivity contribution in [2.75, 3.05) is 20.6 Å². The van der Waals surface area contributed by atoms with E-state index in [1.807, 2.05) is 6.07 Å². The zero-order valence-electron chi connectivity index (χ0n) is 11.1. The van der Waals surface area contributed by atoms with Crippen molar-refractivity contribution in [3.63, 3.8) is 0 Å². The zero-order chi connectivity index (χ0) is 12.1. The third-order valence-electron chi connectivity index (χ3n) is 3.04. The average molecular weight is 224 g/mol. The van der Waals surface area contributed by atoms with E-state index in [1.54, 1.807) is 6.26 Å². The van der Waals surface area contributed by atoms with Gasteiger partial charge in [0, 0.05) is 12.6 Å². The molecule has 1 aromatic heterocycles. The highest BCUT2D eigenvalue weighted by atomic mass is 16.3. The van der Waals surface area contributed by atoms with Crippen molar-refractivity contribution in [2.45, 2.75) is 33.4 Å². The molecule has 1 rings (SSSR count). The summed E-state index contributed by atoms with van der Waals surface area (Å²) in [5.41, 5.74) is 1.22. The molecule has 0 aliphatic carbocycles. The molecule has 0 saturated heterocycles. The van der Waals surface area contributed by atoms with Crippen LogP contribution < -0.4 is 5.32 Å². The number of nitrogens with zero attached hydrogens (tertiary/aromatic N) is 1. The second-order valence-corrected chi connectivity index (χ2v) is 4.93. The van der Waals surface area contributed by atoms with Gasteiger partial charge in [-0.1, -0.05) is 13.8 Å². The molecule has 0 fully saturated rings. The minimum atomic E-state index is 0.565. The van der Waals surface area contributed by atoms with E-state index in [0.717, 1.165) is 18.8 Å². The molecule has 0 bridgehead atoms. The smallest absolute Gasteiger partial charge is 0.120 e. The lowest BCUT2D eigenvalue weighted by molar-refractivity contribution is 0.223. The third-order valence-corrected chi connectivity index (χ3v) is 3.04. The molecule has 1 aromatic rings. The first-order chi connectivity index (χ1) is 7.52. The van der Waals surface area contributed by atoms with Gasteiger partial charge >= 0.3 is 0 Å². The number of hydrogen-bond donors (Lipinski definition) is 1. The van der Waals surface area contributed by atoms with Crippen LogP contribution in [0.25, 0.3) is 0 Å². The Hall–Kier alpha value is -0.800. The van der Waals surface area contributed by atoms with Gasteiger partial charge in [-0.15, -0.1) is 0 Å². The molecule has 0 aromatic carbocycles. The van der Waals surface area contributed by atoms with Crippen LogP contribution >= 0.6 is 0 Å². The van der Waals surface area contributed by atoms with E-state index in [2.05, 4.69) is 45.1 Å². The second-order valence-electron chi connectivity index (χ2n) is 4.93. The molecule has 0 aliphatic heterocycles. The van der Waals surface area contributed by atoms with Gasteiger partial charge in [0.1, 0.15) is 5.76 Å². The van der Waals surface area contributed by atoms with E-state index in [0.29, 0.717) is 12.0 Å². The van der Waals surface area contributed by atoms with Crippen molar-refractivity contribution in [1.82, 2.24) is 10.2 Å². The fourth-order valence-corrected chi connectivity index (χ4v) is 1.93. The molecular formula is C13H24N2O. The number of hydrogen-bond acceptors (Lipinski definition) is 3. The van der Waals surface area contributed by atoms with Crippen molar-refractivity contribution < 1.29 is 4.42 Å². The number of nitrogens with one attached hydrogen (secondary N) is 1. The lowest BCUT2D eigenvalue weighted by Crippen LogP contribution is -2.41. The summed E-state index contributed by atoms with van der Waals surface area (Å²) in [5, 5.41) is 3.46. The largest absolute Gasteiger partial charge is 0.468 e. The quantitative estimate of drug-likeness (QED) is 0.803. The second kappa shape index (κ2) is 6.06. The van der Waals surface area contributed by atoms with E-state index >= 15 is 0 Å². The maximum absolute atomic E-state index is 5.39. The Morgan fingerprint density at radius 1 is 1.38 bits per heavy atom. The Balaban J connectivity index is 2.37. The SMILES string of the molecule is Cc1ccoc1CNCC(C(C)C)N(C)C. The standard InChI is InChI=1S/C13H24N2O/c1-10(2)12(15(4)5)8-14-9-13-11(3)6-7-16-13/h6-7,10,12,14H,8-9H2,1-5H3. The van der Waals surface area contributed by atoms with Gasteiger partial charge < -0.3 is 14.6 Å². The van der Waals surface area contributed by atoms with Crippen LogP contribution in [0.2, 0.25) is 0 Å². The number of aryl methyl sites for hydroxylation is 1. The molecule has 0 spiro atoms. The molecule has 1 atom stereocenters. The molecular weight excluding hydrogens is 200 g/mol. The van der Waals surface area contributed by atoms with Crippen LogP contribution in [-0.2, 0) is 6.54 Å². The molecule has 1 heterocycles. The Morgan fingerprint density at radius 3 is 2.50 bits per heavy atom. The summed E-state index contributed by atoms with van der Waals surface area (Å²) in [7, 11) is 4.26. The summed E-state index contributed by atoms with van der Waals surface area (Å²) in [4.78, 5) is 2.27. The van der Waals surface area contributed by atoms with Crippen LogP contribution in [0.5, 0.6) is 0 Å². The molecule has 0 aliphatic rings. The van der Waals surface area contributed by atoms with Gasteiger partial charge in [-0.05, 0) is 38.6 Å². The highest BCUT2D eigenvalue weighted by Gasteiger charge is 2.15. The summed E-state index contributed by atoms with van der Waals surface area (Å²) >= 11 is 0. The van der Waals surface area contributed by atoms with Crippen LogP contribution in [0, 0.1) is 12.8 Å². The molecule has 16 heavy (non-hydrogen) atoms. The molecule has 0 radical (unpaired) electrons. The van der Waals surface area contributed by atoms with Crippen molar-refractivity contribution in [3.8, 4) is 0 Å².